The molecule has 0 fully saturated rings. The second-order valence-corrected chi connectivity index (χ2v) is 7.26. The number of carbonyl (C=O) groups excluding carboxylic acids is 1. The smallest absolute Gasteiger partial charge is 0.234 e. The Kier molecular flexibility index (Phi) is 7.13. The molecule has 8 heteroatoms. The summed E-state index contributed by atoms with van der Waals surface area (Å²) >= 11 is 1.36. The van der Waals surface area contributed by atoms with Crippen molar-refractivity contribution in [3.8, 4) is 11.5 Å². The van der Waals surface area contributed by atoms with Crippen molar-refractivity contribution in [3.63, 3.8) is 0 Å². The minimum absolute atomic E-state index is 0.0812. The molecule has 0 aliphatic carbocycles. The van der Waals surface area contributed by atoms with Crippen LogP contribution < -0.4 is 14.8 Å². The summed E-state index contributed by atoms with van der Waals surface area (Å²) in [5.41, 5.74) is 1.89. The summed E-state index contributed by atoms with van der Waals surface area (Å²) in [6, 6.07) is 15.1. The molecule has 0 atom stereocenters. The van der Waals surface area contributed by atoms with Gasteiger partial charge >= 0.3 is 0 Å². The monoisotopic (exact) mass is 412 g/mol. The molecule has 1 N–H and O–H groups in total. The lowest BCUT2D eigenvalue weighted by molar-refractivity contribution is -0.113. The van der Waals surface area contributed by atoms with E-state index < -0.39 is 0 Å². The highest BCUT2D eigenvalue weighted by Crippen LogP contribution is 2.21. The molecule has 29 heavy (non-hydrogen) atoms. The maximum atomic E-state index is 12.2. The number of carbonyl (C=O) groups is 1. The molecule has 152 valence electrons. The SMILES string of the molecule is CCn1c(COc2ccc(OC)cc2)nnc1SCC(=O)Nc1cccc(C)c1. The average Bonchev–Trinajstić information content (AvgIpc) is 3.13. The van der Waals surface area contributed by atoms with Crippen LogP contribution in [0.2, 0.25) is 0 Å². The molecule has 1 aromatic heterocycles. The van der Waals surface area contributed by atoms with Crippen molar-refractivity contribution in [1.29, 1.82) is 0 Å². The zero-order valence-electron chi connectivity index (χ0n) is 16.7. The van der Waals surface area contributed by atoms with Crippen LogP contribution in [0.5, 0.6) is 11.5 Å². The van der Waals surface area contributed by atoms with Gasteiger partial charge in [-0.15, -0.1) is 10.2 Å². The number of methoxy groups -OCH3 is 1. The Labute approximate surface area is 174 Å². The third-order valence-corrected chi connectivity index (χ3v) is 5.14. The number of thioether (sulfide) groups is 1. The lowest BCUT2D eigenvalue weighted by Gasteiger charge is -2.09. The molecule has 1 heterocycles. The van der Waals surface area contributed by atoms with Crippen LogP contribution in [0, 0.1) is 6.92 Å². The van der Waals surface area contributed by atoms with Crippen LogP contribution in [-0.4, -0.2) is 33.5 Å². The maximum Gasteiger partial charge on any atom is 0.234 e. The summed E-state index contributed by atoms with van der Waals surface area (Å²) < 4.78 is 12.9. The largest absolute Gasteiger partial charge is 0.497 e. The average molecular weight is 413 g/mol. The van der Waals surface area contributed by atoms with Gasteiger partial charge in [-0.1, -0.05) is 23.9 Å². The van der Waals surface area contributed by atoms with Gasteiger partial charge in [0.15, 0.2) is 11.0 Å². The number of amides is 1. The minimum atomic E-state index is -0.0812. The van der Waals surface area contributed by atoms with Crippen LogP contribution in [0.1, 0.15) is 18.3 Å². The topological polar surface area (TPSA) is 78.3 Å². The van der Waals surface area contributed by atoms with Crippen molar-refractivity contribution in [2.24, 2.45) is 0 Å². The zero-order valence-corrected chi connectivity index (χ0v) is 17.5. The molecule has 2 aromatic carbocycles. The molecule has 3 rings (SSSR count). The molecule has 0 bridgehead atoms. The van der Waals surface area contributed by atoms with Crippen molar-refractivity contribution >= 4 is 23.4 Å². The zero-order chi connectivity index (χ0) is 20.6. The number of nitrogens with one attached hydrogen (secondary N) is 1. The molecule has 0 aliphatic rings. The third-order valence-electron chi connectivity index (χ3n) is 4.17. The Morgan fingerprint density at radius 2 is 1.90 bits per heavy atom. The Bertz CT molecular complexity index is 957. The van der Waals surface area contributed by atoms with Gasteiger partial charge < -0.3 is 19.4 Å². The van der Waals surface area contributed by atoms with Gasteiger partial charge in [0.05, 0.1) is 12.9 Å². The van der Waals surface area contributed by atoms with Crippen LogP contribution in [0.25, 0.3) is 0 Å². The quantitative estimate of drug-likeness (QED) is 0.537. The van der Waals surface area contributed by atoms with Crippen molar-refractivity contribution < 1.29 is 14.3 Å². The van der Waals surface area contributed by atoms with E-state index in [1.54, 1.807) is 7.11 Å². The fourth-order valence-corrected chi connectivity index (χ4v) is 3.54. The molecule has 1 amide bonds. The van der Waals surface area contributed by atoms with Gasteiger partial charge in [-0.05, 0) is 55.8 Å². The first kappa shape index (κ1) is 20.7. The highest BCUT2D eigenvalue weighted by Gasteiger charge is 2.14. The molecule has 0 spiro atoms. The van der Waals surface area contributed by atoms with Gasteiger partial charge in [-0.2, -0.15) is 0 Å². The van der Waals surface area contributed by atoms with E-state index in [2.05, 4.69) is 15.5 Å². The Balaban J connectivity index is 1.56. The molecule has 0 saturated heterocycles. The summed E-state index contributed by atoms with van der Waals surface area (Å²) in [5, 5.41) is 12.0. The molecular weight excluding hydrogens is 388 g/mol. The number of ether oxygens (including phenoxy) is 2. The molecule has 7 nitrogen and oxygen atoms in total. The van der Waals surface area contributed by atoms with Gasteiger partial charge in [-0.3, -0.25) is 4.79 Å². The first-order valence-electron chi connectivity index (χ1n) is 9.27. The Morgan fingerprint density at radius 1 is 1.14 bits per heavy atom. The van der Waals surface area contributed by atoms with Crippen molar-refractivity contribution in [3.05, 3.63) is 59.9 Å². The summed E-state index contributed by atoms with van der Waals surface area (Å²) in [6.45, 7) is 4.99. The summed E-state index contributed by atoms with van der Waals surface area (Å²) in [4.78, 5) is 12.2. The van der Waals surface area contributed by atoms with Crippen LogP contribution in [0.15, 0.2) is 53.7 Å². The number of rotatable bonds is 9. The van der Waals surface area contributed by atoms with Crippen LogP contribution in [-0.2, 0) is 17.9 Å². The molecule has 3 aromatic rings. The lowest BCUT2D eigenvalue weighted by Crippen LogP contribution is -2.15. The highest BCUT2D eigenvalue weighted by molar-refractivity contribution is 7.99. The minimum Gasteiger partial charge on any atom is -0.497 e. The van der Waals surface area contributed by atoms with Crippen LogP contribution >= 0.6 is 11.8 Å². The number of anilines is 1. The fraction of sp³-hybridized carbons (Fsp3) is 0.286. The number of aryl methyl sites for hydroxylation is 1. The number of aromatic nitrogens is 3. The van der Waals surface area contributed by atoms with Crippen molar-refractivity contribution in [1.82, 2.24) is 14.8 Å². The lowest BCUT2D eigenvalue weighted by atomic mass is 10.2. The molecular formula is C21H24N4O3S. The normalized spacial score (nSPS) is 10.6. The molecule has 0 aliphatic heterocycles. The van der Waals surface area contributed by atoms with Crippen LogP contribution in [0.4, 0.5) is 5.69 Å². The van der Waals surface area contributed by atoms with E-state index in [9.17, 15) is 4.79 Å². The van der Waals surface area contributed by atoms with Gasteiger partial charge in [0.2, 0.25) is 5.91 Å². The van der Waals surface area contributed by atoms with Crippen molar-refractivity contribution in [2.75, 3.05) is 18.2 Å². The first-order valence-corrected chi connectivity index (χ1v) is 10.3. The van der Waals surface area contributed by atoms with E-state index in [0.29, 0.717) is 24.1 Å². The predicted molar refractivity (Wildman–Crippen MR) is 114 cm³/mol. The Hall–Kier alpha value is -3.00. The van der Waals surface area contributed by atoms with E-state index in [0.717, 1.165) is 22.7 Å². The van der Waals surface area contributed by atoms with E-state index in [1.165, 1.54) is 11.8 Å². The summed E-state index contributed by atoms with van der Waals surface area (Å²) in [5.74, 6) is 2.39. The van der Waals surface area contributed by atoms with Crippen LogP contribution in [0.3, 0.4) is 0 Å². The van der Waals surface area contributed by atoms with Crippen molar-refractivity contribution in [2.45, 2.75) is 32.2 Å². The second-order valence-electron chi connectivity index (χ2n) is 6.31. The van der Waals surface area contributed by atoms with Gasteiger partial charge in [0.1, 0.15) is 18.1 Å². The number of hydrogen-bond acceptors (Lipinski definition) is 6. The predicted octanol–water partition coefficient (Wildman–Crippen LogP) is 3.92. The summed E-state index contributed by atoms with van der Waals surface area (Å²) in [7, 11) is 1.62. The number of hydrogen-bond donors (Lipinski definition) is 1. The van der Waals surface area contributed by atoms with E-state index in [1.807, 2.05) is 66.9 Å². The van der Waals surface area contributed by atoms with E-state index in [-0.39, 0.29) is 11.7 Å². The number of nitrogens with zero attached hydrogens (tertiary/aromatic N) is 3. The van der Waals surface area contributed by atoms with E-state index >= 15 is 0 Å². The second kappa shape index (κ2) is 9.97. The maximum absolute atomic E-state index is 12.2. The highest BCUT2D eigenvalue weighted by atomic mass is 32.2. The molecule has 0 radical (unpaired) electrons. The van der Waals surface area contributed by atoms with Gasteiger partial charge in [0, 0.05) is 12.2 Å². The number of benzene rings is 2. The Morgan fingerprint density at radius 3 is 2.59 bits per heavy atom. The standard InChI is InChI=1S/C21H24N4O3S/c1-4-25-19(13-28-18-10-8-17(27-3)9-11-18)23-24-21(25)29-14-20(26)22-16-7-5-6-15(2)12-16/h5-12H,4,13-14H2,1-3H3,(H,22,26). The first-order chi connectivity index (χ1) is 14.1. The van der Waals surface area contributed by atoms with E-state index in [4.69, 9.17) is 9.47 Å². The molecule has 0 unspecified atom stereocenters. The summed E-state index contributed by atoms with van der Waals surface area (Å²) in [6.07, 6.45) is 0. The van der Waals surface area contributed by atoms with Gasteiger partial charge in [-0.25, -0.2) is 0 Å². The molecule has 0 saturated carbocycles. The third kappa shape index (κ3) is 5.74. The fourth-order valence-electron chi connectivity index (χ4n) is 2.72. The van der Waals surface area contributed by atoms with Gasteiger partial charge in [0.25, 0.3) is 0 Å².